The smallest absolute Gasteiger partial charge is 0.309 e. The average molecular weight is 362 g/mol. The Morgan fingerprint density at radius 1 is 1.24 bits per heavy atom. The molecule has 0 aromatic heterocycles. The fourth-order valence-electron chi connectivity index (χ4n) is 3.64. The molecule has 0 N–H and O–H groups in total. The molecular formula is C20H27NO3S. The van der Waals surface area contributed by atoms with Gasteiger partial charge in [0, 0.05) is 5.71 Å². The van der Waals surface area contributed by atoms with Gasteiger partial charge >= 0.3 is 5.97 Å². The highest BCUT2D eigenvalue weighted by molar-refractivity contribution is 7.85. The van der Waals surface area contributed by atoms with Crippen molar-refractivity contribution >= 4 is 22.7 Å². The lowest BCUT2D eigenvalue weighted by atomic mass is 9.51. The van der Waals surface area contributed by atoms with Gasteiger partial charge in [0.15, 0.2) is 0 Å². The third-order valence-corrected chi connectivity index (χ3v) is 6.62. The number of hydrogen-bond acceptors (Lipinski definition) is 3. The predicted octanol–water partition coefficient (Wildman–Crippen LogP) is 4.38. The molecule has 1 spiro atoms. The van der Waals surface area contributed by atoms with Gasteiger partial charge in [0.05, 0.1) is 10.7 Å². The first-order valence-corrected chi connectivity index (χ1v) is 10.0. The molecule has 0 amide bonds. The molecule has 1 aromatic carbocycles. The molecule has 1 aromatic rings. The van der Waals surface area contributed by atoms with Gasteiger partial charge in [-0.3, -0.25) is 4.79 Å². The summed E-state index contributed by atoms with van der Waals surface area (Å²) in [4.78, 5) is 12.3. The van der Waals surface area contributed by atoms with E-state index in [1.54, 1.807) is 0 Å². The maximum atomic E-state index is 12.3. The van der Waals surface area contributed by atoms with E-state index in [2.05, 4.69) is 4.40 Å². The summed E-state index contributed by atoms with van der Waals surface area (Å²) in [7, 11) is -1.18. The van der Waals surface area contributed by atoms with Crippen molar-refractivity contribution in [3.05, 3.63) is 35.9 Å². The van der Waals surface area contributed by atoms with Crippen LogP contribution >= 0.6 is 0 Å². The minimum absolute atomic E-state index is 0.000765. The maximum absolute atomic E-state index is 12.3. The quantitative estimate of drug-likeness (QED) is 0.748. The van der Waals surface area contributed by atoms with E-state index in [-0.39, 0.29) is 28.2 Å². The van der Waals surface area contributed by atoms with Crippen molar-refractivity contribution in [1.29, 1.82) is 0 Å². The number of benzene rings is 1. The maximum Gasteiger partial charge on any atom is 0.309 e. The Morgan fingerprint density at radius 3 is 2.40 bits per heavy atom. The van der Waals surface area contributed by atoms with E-state index in [4.69, 9.17) is 4.74 Å². The van der Waals surface area contributed by atoms with Crippen molar-refractivity contribution in [2.24, 2.45) is 15.7 Å². The van der Waals surface area contributed by atoms with Crippen molar-refractivity contribution in [3.8, 4) is 0 Å². The molecule has 3 rings (SSSR count). The van der Waals surface area contributed by atoms with Crippen molar-refractivity contribution in [1.82, 2.24) is 0 Å². The Kier molecular flexibility index (Phi) is 4.89. The van der Waals surface area contributed by atoms with Crippen LogP contribution in [-0.2, 0) is 20.5 Å². The highest BCUT2D eigenvalue weighted by Gasteiger charge is 2.54. The monoisotopic (exact) mass is 361 g/mol. The van der Waals surface area contributed by atoms with E-state index in [1.807, 2.05) is 58.0 Å². The van der Waals surface area contributed by atoms with Crippen LogP contribution in [-0.4, -0.2) is 20.6 Å². The number of ether oxygens (including phenoxy) is 1. The van der Waals surface area contributed by atoms with Crippen LogP contribution in [0.15, 0.2) is 34.7 Å². The molecule has 0 aliphatic heterocycles. The molecule has 1 unspecified atom stereocenters. The van der Waals surface area contributed by atoms with Crippen LogP contribution in [0.25, 0.3) is 0 Å². The summed E-state index contributed by atoms with van der Waals surface area (Å²) in [6.07, 6.45) is 3.29. The minimum atomic E-state index is -1.18. The number of nitrogens with zero attached hydrogens (tertiary/aromatic N) is 1. The number of esters is 1. The van der Waals surface area contributed by atoms with Crippen molar-refractivity contribution < 1.29 is 13.7 Å². The minimum Gasteiger partial charge on any atom is -0.458 e. The fraction of sp³-hybridized carbons (Fsp3) is 0.600. The highest BCUT2D eigenvalue weighted by atomic mass is 32.2. The fourth-order valence-corrected chi connectivity index (χ4v) is 4.27. The van der Waals surface area contributed by atoms with Crippen molar-refractivity contribution in [3.63, 3.8) is 0 Å². The Hall–Kier alpha value is -1.49. The van der Waals surface area contributed by atoms with Crippen LogP contribution in [0.5, 0.6) is 0 Å². The molecule has 2 saturated carbocycles. The summed E-state index contributed by atoms with van der Waals surface area (Å²) < 4.78 is 21.7. The van der Waals surface area contributed by atoms with Crippen LogP contribution in [0, 0.1) is 11.3 Å². The van der Waals surface area contributed by atoms with E-state index in [0.29, 0.717) is 0 Å². The predicted molar refractivity (Wildman–Crippen MR) is 101 cm³/mol. The van der Waals surface area contributed by atoms with Crippen LogP contribution in [0.4, 0.5) is 0 Å². The molecule has 0 bridgehead atoms. The first kappa shape index (κ1) is 18.3. The normalized spacial score (nSPS) is 27.8. The molecule has 0 radical (unpaired) electrons. The molecule has 2 aliphatic rings. The summed E-state index contributed by atoms with van der Waals surface area (Å²) in [5.74, 6) is -0.0912. The molecule has 0 heterocycles. The van der Waals surface area contributed by atoms with Gasteiger partial charge in [-0.05, 0) is 64.4 Å². The Labute approximate surface area is 152 Å². The number of carbonyl (C=O) groups excluding carboxylic acids is 1. The summed E-state index contributed by atoms with van der Waals surface area (Å²) in [5, 5.41) is 0. The number of hydrogen-bond donors (Lipinski definition) is 0. The van der Waals surface area contributed by atoms with Gasteiger partial charge in [0.1, 0.15) is 17.1 Å². The van der Waals surface area contributed by atoms with Crippen molar-refractivity contribution in [2.75, 3.05) is 0 Å². The third-order valence-electron chi connectivity index (χ3n) is 5.15. The molecule has 2 aliphatic carbocycles. The SMILES string of the molecule is C[C@H](OC(=O)C1CC2(CC(=NS(=O)C(C)(C)C)C2)C1)c1ccccc1. The van der Waals surface area contributed by atoms with Gasteiger partial charge < -0.3 is 4.74 Å². The molecule has 2 fully saturated rings. The molecule has 4 nitrogen and oxygen atoms in total. The van der Waals surface area contributed by atoms with Crippen molar-refractivity contribution in [2.45, 2.75) is 64.2 Å². The number of rotatable bonds is 4. The largest absolute Gasteiger partial charge is 0.458 e. The summed E-state index contributed by atoms with van der Waals surface area (Å²) >= 11 is 0. The zero-order chi connectivity index (χ0) is 18.2. The average Bonchev–Trinajstić information content (AvgIpc) is 2.47. The number of carbonyl (C=O) groups is 1. The van der Waals surface area contributed by atoms with Gasteiger partial charge in [-0.1, -0.05) is 30.3 Å². The first-order valence-electron chi connectivity index (χ1n) is 8.92. The second kappa shape index (κ2) is 6.67. The Balaban J connectivity index is 1.47. The lowest BCUT2D eigenvalue weighted by Gasteiger charge is -2.53. The van der Waals surface area contributed by atoms with Gasteiger partial charge in [0.25, 0.3) is 0 Å². The zero-order valence-corrected chi connectivity index (χ0v) is 16.3. The van der Waals surface area contributed by atoms with Crippen LogP contribution in [0.3, 0.4) is 0 Å². The van der Waals surface area contributed by atoms with E-state index in [9.17, 15) is 9.00 Å². The molecule has 25 heavy (non-hydrogen) atoms. The van der Waals surface area contributed by atoms with Gasteiger partial charge in [-0.2, -0.15) is 4.40 Å². The lowest BCUT2D eigenvalue weighted by Crippen LogP contribution is -2.50. The van der Waals surface area contributed by atoms with Gasteiger partial charge in [-0.25, -0.2) is 4.21 Å². The molecule has 0 saturated heterocycles. The van der Waals surface area contributed by atoms with E-state index in [0.717, 1.165) is 37.0 Å². The first-order chi connectivity index (χ1) is 11.7. The molecule has 2 atom stereocenters. The molecular weight excluding hydrogens is 334 g/mol. The Morgan fingerprint density at radius 2 is 1.84 bits per heavy atom. The molecule has 136 valence electrons. The zero-order valence-electron chi connectivity index (χ0n) is 15.5. The van der Waals surface area contributed by atoms with Gasteiger partial charge in [0.2, 0.25) is 0 Å². The van der Waals surface area contributed by atoms with Gasteiger partial charge in [-0.15, -0.1) is 0 Å². The second-order valence-corrected chi connectivity index (χ2v) is 10.4. The van der Waals surface area contributed by atoms with Crippen LogP contribution in [0.2, 0.25) is 0 Å². The Bertz CT molecular complexity index is 689. The second-order valence-electron chi connectivity index (χ2n) is 8.47. The third kappa shape index (κ3) is 4.02. The standard InChI is InChI=1S/C20H27NO3S/c1-14(15-8-6-5-7-9-15)24-18(22)16-10-20(11-16)12-17(13-20)21-25(23)19(2,3)4/h5-9,14,16H,10-13H2,1-4H3/t14-,16?,20?,25?/m0/s1. The van der Waals surface area contributed by atoms with E-state index in [1.165, 1.54) is 0 Å². The van der Waals surface area contributed by atoms with E-state index >= 15 is 0 Å². The lowest BCUT2D eigenvalue weighted by molar-refractivity contribution is -0.162. The van der Waals surface area contributed by atoms with Crippen LogP contribution < -0.4 is 0 Å². The summed E-state index contributed by atoms with van der Waals surface area (Å²) in [6, 6.07) is 9.81. The molecule has 5 heteroatoms. The highest BCUT2D eigenvalue weighted by Crippen LogP contribution is 2.58. The summed E-state index contributed by atoms with van der Waals surface area (Å²) in [5.41, 5.74) is 2.27. The topological polar surface area (TPSA) is 55.7 Å². The van der Waals surface area contributed by atoms with Crippen LogP contribution in [0.1, 0.15) is 65.0 Å². The van der Waals surface area contributed by atoms with E-state index < -0.39 is 11.0 Å². The summed E-state index contributed by atoms with van der Waals surface area (Å²) in [6.45, 7) is 7.72.